The van der Waals surface area contributed by atoms with Crippen LogP contribution >= 0.6 is 0 Å². The number of carbonyl (C=O) groups excluding carboxylic acids is 1. The van der Waals surface area contributed by atoms with Crippen molar-refractivity contribution in [1.29, 1.82) is 0 Å². The minimum atomic E-state index is -2.84. The van der Waals surface area contributed by atoms with Gasteiger partial charge in [0.05, 0.1) is 0 Å². The van der Waals surface area contributed by atoms with Gasteiger partial charge in [0.1, 0.15) is 12.6 Å². The molecule has 0 heterocycles. The van der Waals surface area contributed by atoms with Crippen molar-refractivity contribution < 1.29 is 18.3 Å². The fraction of sp³-hybridized carbons (Fsp3) is 0.364. The number of rotatable bonds is 6. The number of nitrogens with zero attached hydrogens (tertiary/aromatic N) is 3. The molecular formula is C11H12F2N4O2. The van der Waals surface area contributed by atoms with E-state index >= 15 is 0 Å². The molecule has 0 saturated heterocycles. The summed E-state index contributed by atoms with van der Waals surface area (Å²) in [5.41, 5.74) is 8.86. The van der Waals surface area contributed by atoms with Gasteiger partial charge in [-0.05, 0) is 11.1 Å². The van der Waals surface area contributed by atoms with Crippen LogP contribution in [-0.4, -0.2) is 25.1 Å². The third-order valence-electron chi connectivity index (χ3n) is 2.16. The van der Waals surface area contributed by atoms with E-state index in [9.17, 15) is 13.6 Å². The van der Waals surface area contributed by atoms with Crippen molar-refractivity contribution in [2.75, 3.05) is 6.54 Å². The van der Waals surface area contributed by atoms with Crippen molar-refractivity contribution in [3.8, 4) is 0 Å². The number of alkyl carbamates (subject to hydrolysis) is 1. The molecule has 1 amide bonds. The lowest BCUT2D eigenvalue weighted by molar-refractivity contribution is 0.108. The molecule has 1 rings (SSSR count). The first-order valence-electron chi connectivity index (χ1n) is 5.40. The van der Waals surface area contributed by atoms with Gasteiger partial charge in [-0.15, -0.1) is 0 Å². The molecule has 102 valence electrons. The Morgan fingerprint density at radius 3 is 2.68 bits per heavy atom. The number of amides is 1. The molecule has 8 heteroatoms. The van der Waals surface area contributed by atoms with Crippen molar-refractivity contribution >= 4 is 6.09 Å². The minimum Gasteiger partial charge on any atom is -0.445 e. The molecule has 0 saturated carbocycles. The molecule has 1 atom stereocenters. The average molecular weight is 270 g/mol. The summed E-state index contributed by atoms with van der Waals surface area (Å²) in [5.74, 6) is 0. The predicted octanol–water partition coefficient (Wildman–Crippen LogP) is 2.86. The molecule has 1 aromatic rings. The average Bonchev–Trinajstić information content (AvgIpc) is 2.42. The van der Waals surface area contributed by atoms with Crippen molar-refractivity contribution in [2.24, 2.45) is 5.11 Å². The summed E-state index contributed by atoms with van der Waals surface area (Å²) >= 11 is 0. The molecule has 0 bridgehead atoms. The quantitative estimate of drug-likeness (QED) is 0.489. The molecule has 0 aromatic heterocycles. The Balaban J connectivity index is 2.33. The number of halogens is 2. The van der Waals surface area contributed by atoms with Crippen molar-refractivity contribution in [1.82, 2.24) is 5.32 Å². The first-order chi connectivity index (χ1) is 9.13. The number of carbonyl (C=O) groups is 1. The largest absolute Gasteiger partial charge is 0.445 e. The highest BCUT2D eigenvalue weighted by molar-refractivity contribution is 5.67. The van der Waals surface area contributed by atoms with Crippen molar-refractivity contribution in [2.45, 2.75) is 19.1 Å². The monoisotopic (exact) mass is 270 g/mol. The summed E-state index contributed by atoms with van der Waals surface area (Å²) in [5, 5.41) is 4.99. The number of alkyl halides is 2. The maximum Gasteiger partial charge on any atom is 0.407 e. The van der Waals surface area contributed by atoms with Gasteiger partial charge >= 0.3 is 6.09 Å². The second-order valence-corrected chi connectivity index (χ2v) is 3.55. The summed E-state index contributed by atoms with van der Waals surface area (Å²) in [6.45, 7) is -0.442. The highest BCUT2D eigenvalue weighted by Gasteiger charge is 2.19. The first kappa shape index (κ1) is 14.7. The zero-order valence-corrected chi connectivity index (χ0v) is 9.87. The van der Waals surface area contributed by atoms with Crippen LogP contribution in [-0.2, 0) is 11.3 Å². The van der Waals surface area contributed by atoms with Crippen LogP contribution in [0.25, 0.3) is 10.4 Å². The van der Waals surface area contributed by atoms with E-state index in [1.165, 1.54) is 0 Å². The Bertz CT molecular complexity index is 449. The SMILES string of the molecule is [N-]=[N+]=N[C@@H](CNC(=O)OCc1ccccc1)C(F)F. The lowest BCUT2D eigenvalue weighted by atomic mass is 10.2. The third kappa shape index (κ3) is 5.69. The Morgan fingerprint density at radius 1 is 1.42 bits per heavy atom. The smallest absolute Gasteiger partial charge is 0.407 e. The van der Waals surface area contributed by atoms with Gasteiger partial charge in [-0.2, -0.15) is 0 Å². The molecule has 0 unspecified atom stereocenters. The molecule has 0 spiro atoms. The highest BCUT2D eigenvalue weighted by Crippen LogP contribution is 2.05. The maximum absolute atomic E-state index is 12.3. The van der Waals surface area contributed by atoms with Crippen LogP contribution in [0.15, 0.2) is 35.4 Å². The molecule has 0 aliphatic heterocycles. The zero-order valence-electron chi connectivity index (χ0n) is 9.87. The van der Waals surface area contributed by atoms with Crippen LogP contribution in [0.4, 0.5) is 13.6 Å². The predicted molar refractivity (Wildman–Crippen MR) is 63.6 cm³/mol. The Labute approximate surface area is 108 Å². The molecule has 1 aromatic carbocycles. The Morgan fingerprint density at radius 2 is 2.11 bits per heavy atom. The van der Waals surface area contributed by atoms with E-state index < -0.39 is 25.1 Å². The second kappa shape index (κ2) is 7.88. The standard InChI is InChI=1S/C11H12F2N4O2/c12-10(13)9(16-17-14)6-15-11(18)19-7-8-4-2-1-3-5-8/h1-5,9-10H,6-7H2,(H,15,18)/t9-/m0/s1. The molecule has 19 heavy (non-hydrogen) atoms. The summed E-state index contributed by atoms with van der Waals surface area (Å²) < 4.78 is 29.5. The van der Waals surface area contributed by atoms with Gasteiger partial charge in [0, 0.05) is 11.5 Å². The normalized spacial score (nSPS) is 11.5. The van der Waals surface area contributed by atoms with Gasteiger partial charge in [-0.3, -0.25) is 0 Å². The Hall–Kier alpha value is -2.34. The van der Waals surface area contributed by atoms with E-state index in [0.29, 0.717) is 0 Å². The summed E-state index contributed by atoms with van der Waals surface area (Å²) in [4.78, 5) is 13.5. The lowest BCUT2D eigenvalue weighted by Gasteiger charge is -2.11. The number of azide groups is 1. The molecular weight excluding hydrogens is 258 g/mol. The summed E-state index contributed by atoms with van der Waals surface area (Å²) in [6.07, 6.45) is -3.69. The molecule has 0 aliphatic carbocycles. The third-order valence-corrected chi connectivity index (χ3v) is 2.16. The van der Waals surface area contributed by atoms with Gasteiger partial charge in [0.2, 0.25) is 6.43 Å². The Kier molecular flexibility index (Phi) is 6.11. The van der Waals surface area contributed by atoms with Gasteiger partial charge in [0.25, 0.3) is 0 Å². The number of ether oxygens (including phenoxy) is 1. The van der Waals surface area contributed by atoms with Crippen LogP contribution in [0.5, 0.6) is 0 Å². The maximum atomic E-state index is 12.3. The van der Waals surface area contributed by atoms with E-state index in [-0.39, 0.29) is 6.61 Å². The number of benzene rings is 1. The first-order valence-corrected chi connectivity index (χ1v) is 5.40. The van der Waals surface area contributed by atoms with E-state index in [4.69, 9.17) is 10.3 Å². The van der Waals surface area contributed by atoms with Crippen molar-refractivity contribution in [3.05, 3.63) is 46.3 Å². The van der Waals surface area contributed by atoms with Gasteiger partial charge in [-0.1, -0.05) is 35.4 Å². The van der Waals surface area contributed by atoms with Crippen LogP contribution < -0.4 is 5.32 Å². The minimum absolute atomic E-state index is 0.0353. The number of hydrogen-bond donors (Lipinski definition) is 1. The molecule has 6 nitrogen and oxygen atoms in total. The number of nitrogens with one attached hydrogen (secondary N) is 1. The van der Waals surface area contributed by atoms with Crippen LogP contribution in [0.3, 0.4) is 0 Å². The highest BCUT2D eigenvalue weighted by atomic mass is 19.3. The second-order valence-electron chi connectivity index (χ2n) is 3.55. The van der Waals surface area contributed by atoms with Crippen molar-refractivity contribution in [3.63, 3.8) is 0 Å². The van der Waals surface area contributed by atoms with Crippen LogP contribution in [0, 0.1) is 0 Å². The van der Waals surface area contributed by atoms with E-state index in [1.807, 2.05) is 6.07 Å². The number of hydrogen-bond acceptors (Lipinski definition) is 3. The molecule has 0 aliphatic rings. The van der Waals surface area contributed by atoms with Crippen LogP contribution in [0.1, 0.15) is 5.56 Å². The fourth-order valence-corrected chi connectivity index (χ4v) is 1.21. The van der Waals surface area contributed by atoms with Gasteiger partial charge in [0.15, 0.2) is 0 Å². The van der Waals surface area contributed by atoms with E-state index in [1.54, 1.807) is 24.3 Å². The fourth-order valence-electron chi connectivity index (χ4n) is 1.21. The summed E-state index contributed by atoms with van der Waals surface area (Å²) in [6, 6.07) is 7.30. The van der Waals surface area contributed by atoms with E-state index in [0.717, 1.165) is 5.56 Å². The molecule has 1 N–H and O–H groups in total. The van der Waals surface area contributed by atoms with Gasteiger partial charge in [-0.25, -0.2) is 13.6 Å². The molecule has 0 radical (unpaired) electrons. The topological polar surface area (TPSA) is 87.1 Å². The summed E-state index contributed by atoms with van der Waals surface area (Å²) in [7, 11) is 0. The van der Waals surface area contributed by atoms with Crippen LogP contribution in [0.2, 0.25) is 0 Å². The lowest BCUT2D eigenvalue weighted by Crippen LogP contribution is -2.35. The van der Waals surface area contributed by atoms with Gasteiger partial charge < -0.3 is 10.1 Å². The zero-order chi connectivity index (χ0) is 14.1. The molecule has 0 fully saturated rings. The van der Waals surface area contributed by atoms with E-state index in [2.05, 4.69) is 15.3 Å².